The van der Waals surface area contributed by atoms with Crippen molar-refractivity contribution in [1.29, 1.82) is 0 Å². The Labute approximate surface area is 205 Å². The van der Waals surface area contributed by atoms with E-state index in [-0.39, 0.29) is 11.6 Å². The molecular formula is C25H22ClF3N4O2. The quantitative estimate of drug-likeness (QED) is 0.353. The Kier molecular flexibility index (Phi) is 8.03. The number of anilines is 3. The lowest BCUT2D eigenvalue weighted by atomic mass is 9.89. The molecule has 1 aliphatic heterocycles. The Morgan fingerprint density at radius 1 is 1.06 bits per heavy atom. The third-order valence-electron chi connectivity index (χ3n) is 5.21. The van der Waals surface area contributed by atoms with Crippen molar-refractivity contribution in [3.8, 4) is 0 Å². The van der Waals surface area contributed by atoms with Gasteiger partial charge in [-0.25, -0.2) is 0 Å². The second kappa shape index (κ2) is 11.0. The highest BCUT2D eigenvalue weighted by Crippen LogP contribution is 2.37. The highest BCUT2D eigenvalue weighted by Gasteiger charge is 2.33. The van der Waals surface area contributed by atoms with Gasteiger partial charge in [0.05, 0.1) is 10.6 Å². The molecule has 1 heterocycles. The summed E-state index contributed by atoms with van der Waals surface area (Å²) in [4.78, 5) is 21.8. The Bertz CT molecular complexity index is 1260. The first-order chi connectivity index (χ1) is 16.7. The number of para-hydroxylation sites is 1. The second-order valence-corrected chi connectivity index (χ2v) is 7.81. The molecule has 0 aromatic heterocycles. The van der Waals surface area contributed by atoms with E-state index in [1.165, 1.54) is 6.07 Å². The number of hydrogen-bond donors (Lipinski definition) is 4. The summed E-state index contributed by atoms with van der Waals surface area (Å²) in [5.41, 5.74) is 10.2. The van der Waals surface area contributed by atoms with Crippen molar-refractivity contribution >= 4 is 46.6 Å². The van der Waals surface area contributed by atoms with Crippen molar-refractivity contribution < 1.29 is 22.8 Å². The Hall–Kier alpha value is -3.98. The van der Waals surface area contributed by atoms with E-state index in [0.717, 1.165) is 40.2 Å². The first-order valence-electron chi connectivity index (χ1n) is 10.4. The summed E-state index contributed by atoms with van der Waals surface area (Å²) >= 11 is 5.34. The topological polar surface area (TPSA) is 96.2 Å². The van der Waals surface area contributed by atoms with Crippen LogP contribution in [-0.4, -0.2) is 25.9 Å². The fourth-order valence-electron chi connectivity index (χ4n) is 3.53. The maximum Gasteiger partial charge on any atom is 0.417 e. The van der Waals surface area contributed by atoms with Crippen LogP contribution in [0.4, 0.5) is 30.2 Å². The summed E-state index contributed by atoms with van der Waals surface area (Å²) in [7, 11) is 1.88. The zero-order chi connectivity index (χ0) is 25.6. The first-order valence-corrected chi connectivity index (χ1v) is 10.7. The molecule has 0 aliphatic carbocycles. The maximum absolute atomic E-state index is 12.3. The summed E-state index contributed by atoms with van der Waals surface area (Å²) in [5.74, 6) is -0.385. The van der Waals surface area contributed by atoms with E-state index in [4.69, 9.17) is 17.3 Å². The number of halogens is 4. The van der Waals surface area contributed by atoms with Gasteiger partial charge >= 0.3 is 6.18 Å². The van der Waals surface area contributed by atoms with Crippen LogP contribution in [0.1, 0.15) is 16.7 Å². The number of nitrogens with two attached hydrogens (primary N) is 1. The summed E-state index contributed by atoms with van der Waals surface area (Å²) in [6.07, 6.45) is -4.22. The average molecular weight is 503 g/mol. The van der Waals surface area contributed by atoms with Crippen molar-refractivity contribution in [3.05, 3.63) is 94.0 Å². The van der Waals surface area contributed by atoms with Crippen LogP contribution >= 0.6 is 11.6 Å². The number of alkyl halides is 3. The zero-order valence-corrected chi connectivity index (χ0v) is 19.3. The summed E-state index contributed by atoms with van der Waals surface area (Å²) in [5, 5.41) is 8.05. The van der Waals surface area contributed by atoms with E-state index in [1.807, 2.05) is 55.6 Å². The van der Waals surface area contributed by atoms with E-state index in [9.17, 15) is 22.8 Å². The highest BCUT2D eigenvalue weighted by atomic mass is 35.5. The minimum absolute atomic E-state index is 0.0525. The van der Waals surface area contributed by atoms with Crippen LogP contribution < -0.4 is 21.7 Å². The van der Waals surface area contributed by atoms with Crippen molar-refractivity contribution in [2.45, 2.75) is 6.18 Å². The van der Waals surface area contributed by atoms with Crippen molar-refractivity contribution in [2.75, 3.05) is 29.5 Å². The van der Waals surface area contributed by atoms with Gasteiger partial charge in [0.15, 0.2) is 0 Å². The average Bonchev–Trinajstić information content (AvgIpc) is 2.84. The van der Waals surface area contributed by atoms with E-state index in [0.29, 0.717) is 18.5 Å². The molecule has 0 bridgehead atoms. The smallest absolute Gasteiger partial charge is 0.388 e. The summed E-state index contributed by atoms with van der Waals surface area (Å²) < 4.78 is 36.8. The standard InChI is InChI=1S/C17H17N3O.C8H5ClF3NO/c1-19-12-8-6-11(7-9-12)16-13-4-2-3-5-15(13)20-10-14(16)17(18)21;9-7-2-1-5(13-4-14)3-6(7)8(10,11)12/h2-9,19-20H,10H2,1H3,(H2,18,21);1-4H,(H,13,14). The van der Waals surface area contributed by atoms with Gasteiger partial charge in [-0.2, -0.15) is 13.2 Å². The monoisotopic (exact) mass is 502 g/mol. The predicted molar refractivity (Wildman–Crippen MR) is 132 cm³/mol. The van der Waals surface area contributed by atoms with Crippen molar-refractivity contribution in [2.24, 2.45) is 5.73 Å². The Morgan fingerprint density at radius 3 is 2.31 bits per heavy atom. The summed E-state index contributed by atoms with van der Waals surface area (Å²) in [6, 6.07) is 19.1. The minimum atomic E-state index is -4.52. The van der Waals surface area contributed by atoms with Gasteiger partial charge in [0.1, 0.15) is 0 Å². The minimum Gasteiger partial charge on any atom is -0.388 e. The lowest BCUT2D eigenvalue weighted by Crippen LogP contribution is -2.25. The van der Waals surface area contributed by atoms with Crippen LogP contribution in [0.3, 0.4) is 0 Å². The number of amides is 2. The highest BCUT2D eigenvalue weighted by molar-refractivity contribution is 6.31. The van der Waals surface area contributed by atoms with Crippen LogP contribution in [0.25, 0.3) is 5.57 Å². The number of fused-ring (bicyclic) bond motifs is 1. The number of benzene rings is 3. The molecule has 6 nitrogen and oxygen atoms in total. The molecule has 10 heteroatoms. The van der Waals surface area contributed by atoms with Gasteiger partial charge in [0.2, 0.25) is 12.3 Å². The number of hydrogen-bond acceptors (Lipinski definition) is 4. The van der Waals surface area contributed by atoms with E-state index >= 15 is 0 Å². The molecule has 0 saturated heterocycles. The van der Waals surface area contributed by atoms with Crippen LogP contribution in [0.15, 0.2) is 72.3 Å². The van der Waals surface area contributed by atoms with E-state index in [1.54, 1.807) is 0 Å². The molecule has 2 amide bonds. The first kappa shape index (κ1) is 25.6. The van der Waals surface area contributed by atoms with Gasteiger partial charge in [0, 0.05) is 47.4 Å². The fourth-order valence-corrected chi connectivity index (χ4v) is 3.76. The molecule has 35 heavy (non-hydrogen) atoms. The van der Waals surface area contributed by atoms with Crippen LogP contribution in [0, 0.1) is 0 Å². The SMILES string of the molecule is CNc1ccc(C2=C(C(N)=O)CNc3ccccc32)cc1.O=CNc1ccc(Cl)c(C(F)(F)F)c1. The van der Waals surface area contributed by atoms with Gasteiger partial charge in [0.25, 0.3) is 0 Å². The van der Waals surface area contributed by atoms with E-state index in [2.05, 4.69) is 16.0 Å². The predicted octanol–water partition coefficient (Wildman–Crippen LogP) is 5.37. The molecule has 0 unspecified atom stereocenters. The van der Waals surface area contributed by atoms with Crippen LogP contribution in [-0.2, 0) is 15.8 Å². The van der Waals surface area contributed by atoms with Gasteiger partial charge < -0.3 is 21.7 Å². The fraction of sp³-hybridized carbons (Fsp3) is 0.120. The maximum atomic E-state index is 12.3. The van der Waals surface area contributed by atoms with E-state index < -0.39 is 16.8 Å². The molecule has 182 valence electrons. The molecule has 3 aromatic carbocycles. The Balaban J connectivity index is 0.000000214. The number of carbonyl (C=O) groups is 2. The third-order valence-corrected chi connectivity index (χ3v) is 5.54. The zero-order valence-electron chi connectivity index (χ0n) is 18.5. The van der Waals surface area contributed by atoms with Crippen molar-refractivity contribution in [1.82, 2.24) is 0 Å². The van der Waals surface area contributed by atoms with Gasteiger partial charge in [-0.3, -0.25) is 9.59 Å². The molecule has 4 rings (SSSR count). The number of nitrogens with one attached hydrogen (secondary N) is 3. The lowest BCUT2D eigenvalue weighted by molar-refractivity contribution is -0.137. The largest absolute Gasteiger partial charge is 0.417 e. The number of carbonyl (C=O) groups excluding carboxylic acids is 2. The normalized spacial score (nSPS) is 12.5. The van der Waals surface area contributed by atoms with Gasteiger partial charge in [-0.1, -0.05) is 41.9 Å². The summed E-state index contributed by atoms with van der Waals surface area (Å²) in [6.45, 7) is 0.454. The van der Waals surface area contributed by atoms with Crippen molar-refractivity contribution in [3.63, 3.8) is 0 Å². The molecule has 0 spiro atoms. The molecule has 0 radical (unpaired) electrons. The Morgan fingerprint density at radius 2 is 1.71 bits per heavy atom. The number of primary amides is 1. The molecular weight excluding hydrogens is 481 g/mol. The molecule has 0 atom stereocenters. The molecule has 1 aliphatic rings. The lowest BCUT2D eigenvalue weighted by Gasteiger charge is -2.24. The molecule has 3 aromatic rings. The van der Waals surface area contributed by atoms with Gasteiger partial charge in [-0.05, 0) is 42.0 Å². The second-order valence-electron chi connectivity index (χ2n) is 7.40. The third kappa shape index (κ3) is 6.13. The molecule has 0 fully saturated rings. The molecule has 0 saturated carbocycles. The van der Waals surface area contributed by atoms with Crippen LogP contribution in [0.2, 0.25) is 5.02 Å². The van der Waals surface area contributed by atoms with Gasteiger partial charge in [-0.15, -0.1) is 0 Å². The molecule has 5 N–H and O–H groups in total. The van der Waals surface area contributed by atoms with Crippen LogP contribution in [0.5, 0.6) is 0 Å². The number of rotatable bonds is 5.